The zero-order chi connectivity index (χ0) is 15.2. The Kier molecular flexibility index (Phi) is 5.44. The number of methoxy groups -OCH3 is 1. The SMILES string of the molecule is CCOc1ccc(CNc2ccc(F)c(Br)c2)cc1OC. The van der Waals surface area contributed by atoms with Crippen molar-refractivity contribution in [3.63, 3.8) is 0 Å². The van der Waals surface area contributed by atoms with Crippen molar-refractivity contribution in [2.75, 3.05) is 19.0 Å². The molecule has 0 amide bonds. The number of rotatable bonds is 6. The maximum atomic E-state index is 13.2. The van der Waals surface area contributed by atoms with Crippen molar-refractivity contribution in [3.05, 3.63) is 52.3 Å². The average Bonchev–Trinajstić information content (AvgIpc) is 2.49. The van der Waals surface area contributed by atoms with Crippen molar-refractivity contribution in [2.45, 2.75) is 13.5 Å². The van der Waals surface area contributed by atoms with Crippen molar-refractivity contribution in [2.24, 2.45) is 0 Å². The van der Waals surface area contributed by atoms with Crippen molar-refractivity contribution in [3.8, 4) is 11.5 Å². The first-order valence-electron chi connectivity index (χ1n) is 6.62. The van der Waals surface area contributed by atoms with Gasteiger partial charge < -0.3 is 14.8 Å². The van der Waals surface area contributed by atoms with Gasteiger partial charge in [-0.1, -0.05) is 6.07 Å². The summed E-state index contributed by atoms with van der Waals surface area (Å²) in [4.78, 5) is 0. The summed E-state index contributed by atoms with van der Waals surface area (Å²) in [6.45, 7) is 3.14. The van der Waals surface area contributed by atoms with Crippen LogP contribution in [0.5, 0.6) is 11.5 Å². The van der Waals surface area contributed by atoms with Crippen molar-refractivity contribution in [1.82, 2.24) is 0 Å². The molecule has 21 heavy (non-hydrogen) atoms. The molecule has 0 aliphatic heterocycles. The van der Waals surface area contributed by atoms with E-state index in [1.54, 1.807) is 19.2 Å². The van der Waals surface area contributed by atoms with E-state index in [-0.39, 0.29) is 5.82 Å². The molecule has 0 saturated heterocycles. The lowest BCUT2D eigenvalue weighted by atomic mass is 10.2. The van der Waals surface area contributed by atoms with Crippen molar-refractivity contribution in [1.29, 1.82) is 0 Å². The molecular weight excluding hydrogens is 337 g/mol. The fourth-order valence-electron chi connectivity index (χ4n) is 1.91. The second-order valence-corrected chi connectivity index (χ2v) is 5.26. The zero-order valence-corrected chi connectivity index (χ0v) is 13.5. The molecule has 0 heterocycles. The topological polar surface area (TPSA) is 30.5 Å². The molecule has 2 aromatic rings. The quantitative estimate of drug-likeness (QED) is 0.822. The Bertz CT molecular complexity index is 619. The molecule has 3 nitrogen and oxygen atoms in total. The molecule has 1 N–H and O–H groups in total. The van der Waals surface area contributed by atoms with E-state index >= 15 is 0 Å². The molecule has 2 rings (SSSR count). The minimum Gasteiger partial charge on any atom is -0.493 e. The number of anilines is 1. The predicted octanol–water partition coefficient (Wildman–Crippen LogP) is 4.61. The van der Waals surface area contributed by atoms with Crippen LogP contribution in [0.3, 0.4) is 0 Å². The van der Waals surface area contributed by atoms with Gasteiger partial charge in [-0.3, -0.25) is 0 Å². The van der Waals surface area contributed by atoms with Crippen LogP contribution in [-0.2, 0) is 6.54 Å². The van der Waals surface area contributed by atoms with Gasteiger partial charge in [0.15, 0.2) is 11.5 Å². The zero-order valence-electron chi connectivity index (χ0n) is 12.0. The number of hydrogen-bond acceptors (Lipinski definition) is 3. The van der Waals surface area contributed by atoms with Crippen LogP contribution in [0.25, 0.3) is 0 Å². The first-order valence-corrected chi connectivity index (χ1v) is 7.42. The summed E-state index contributed by atoms with van der Waals surface area (Å²) >= 11 is 3.17. The molecule has 0 radical (unpaired) electrons. The maximum absolute atomic E-state index is 13.2. The van der Waals surface area contributed by atoms with Crippen LogP contribution in [-0.4, -0.2) is 13.7 Å². The second kappa shape index (κ2) is 7.31. The van der Waals surface area contributed by atoms with Gasteiger partial charge in [0, 0.05) is 12.2 Å². The first kappa shape index (κ1) is 15.6. The predicted molar refractivity (Wildman–Crippen MR) is 85.6 cm³/mol. The first-order chi connectivity index (χ1) is 10.1. The standard InChI is InChI=1S/C16H17BrFNO2/c1-3-21-15-7-4-11(8-16(15)20-2)10-19-12-5-6-14(18)13(17)9-12/h4-9,19H,3,10H2,1-2H3. The molecule has 112 valence electrons. The normalized spacial score (nSPS) is 10.3. The van der Waals surface area contributed by atoms with E-state index in [0.29, 0.717) is 23.4 Å². The molecule has 0 unspecified atom stereocenters. The van der Waals surface area contributed by atoms with Crippen LogP contribution in [0, 0.1) is 5.82 Å². The van der Waals surface area contributed by atoms with Crippen LogP contribution in [0.1, 0.15) is 12.5 Å². The van der Waals surface area contributed by atoms with Gasteiger partial charge in [0.05, 0.1) is 18.2 Å². The highest BCUT2D eigenvalue weighted by Gasteiger charge is 2.06. The second-order valence-electron chi connectivity index (χ2n) is 4.40. The number of hydrogen-bond donors (Lipinski definition) is 1. The number of nitrogens with one attached hydrogen (secondary N) is 1. The summed E-state index contributed by atoms with van der Waals surface area (Å²) in [5.74, 6) is 1.16. The van der Waals surface area contributed by atoms with E-state index in [1.165, 1.54) is 6.07 Å². The molecule has 0 spiro atoms. The Balaban J connectivity index is 2.07. The fraction of sp³-hybridized carbons (Fsp3) is 0.250. The van der Waals surface area contributed by atoms with E-state index in [2.05, 4.69) is 21.2 Å². The molecule has 0 fully saturated rings. The Hall–Kier alpha value is -1.75. The van der Waals surface area contributed by atoms with E-state index in [4.69, 9.17) is 9.47 Å². The largest absolute Gasteiger partial charge is 0.493 e. The fourth-order valence-corrected chi connectivity index (χ4v) is 2.29. The van der Waals surface area contributed by atoms with Crippen molar-refractivity contribution >= 4 is 21.6 Å². The Labute approximate surface area is 132 Å². The van der Waals surface area contributed by atoms with Crippen molar-refractivity contribution < 1.29 is 13.9 Å². The third-order valence-corrected chi connectivity index (χ3v) is 3.55. The Morgan fingerprint density at radius 2 is 1.95 bits per heavy atom. The summed E-state index contributed by atoms with van der Waals surface area (Å²) in [5, 5.41) is 3.24. The van der Waals surface area contributed by atoms with Crippen LogP contribution in [0.4, 0.5) is 10.1 Å². The monoisotopic (exact) mass is 353 g/mol. The number of benzene rings is 2. The van der Waals surface area contributed by atoms with E-state index in [9.17, 15) is 4.39 Å². The smallest absolute Gasteiger partial charge is 0.161 e. The van der Waals surface area contributed by atoms with Crippen LogP contribution in [0.15, 0.2) is 40.9 Å². The van der Waals surface area contributed by atoms with E-state index in [1.807, 2.05) is 25.1 Å². The Morgan fingerprint density at radius 1 is 1.14 bits per heavy atom. The minimum absolute atomic E-state index is 0.275. The third kappa shape index (κ3) is 4.11. The molecule has 0 aliphatic rings. The average molecular weight is 354 g/mol. The maximum Gasteiger partial charge on any atom is 0.161 e. The number of ether oxygens (including phenoxy) is 2. The van der Waals surface area contributed by atoms with Gasteiger partial charge in [-0.2, -0.15) is 0 Å². The number of halogens is 2. The van der Waals surface area contributed by atoms with E-state index < -0.39 is 0 Å². The lowest BCUT2D eigenvalue weighted by Crippen LogP contribution is -2.01. The summed E-state index contributed by atoms with van der Waals surface area (Å²) in [5.41, 5.74) is 1.90. The highest BCUT2D eigenvalue weighted by atomic mass is 79.9. The van der Waals surface area contributed by atoms with Gasteiger partial charge in [-0.25, -0.2) is 4.39 Å². The van der Waals surface area contributed by atoms with E-state index in [0.717, 1.165) is 17.0 Å². The molecule has 0 aromatic heterocycles. The third-order valence-electron chi connectivity index (χ3n) is 2.94. The lowest BCUT2D eigenvalue weighted by Gasteiger charge is -2.12. The minimum atomic E-state index is -0.275. The molecule has 0 aliphatic carbocycles. The van der Waals surface area contributed by atoms with Gasteiger partial charge in [-0.15, -0.1) is 0 Å². The summed E-state index contributed by atoms with van der Waals surface area (Å²) < 4.78 is 24.4. The van der Waals surface area contributed by atoms with Gasteiger partial charge in [-0.05, 0) is 58.7 Å². The van der Waals surface area contributed by atoms with Crippen LogP contribution < -0.4 is 14.8 Å². The lowest BCUT2D eigenvalue weighted by molar-refractivity contribution is 0.310. The highest BCUT2D eigenvalue weighted by Crippen LogP contribution is 2.28. The van der Waals surface area contributed by atoms with Gasteiger partial charge in [0.25, 0.3) is 0 Å². The molecule has 0 saturated carbocycles. The van der Waals surface area contributed by atoms with Gasteiger partial charge in [0.1, 0.15) is 5.82 Å². The summed E-state index contributed by atoms with van der Waals surface area (Å²) in [7, 11) is 1.62. The Morgan fingerprint density at radius 3 is 2.62 bits per heavy atom. The molecule has 5 heteroatoms. The molecule has 0 bridgehead atoms. The molecular formula is C16H17BrFNO2. The summed E-state index contributed by atoms with van der Waals surface area (Å²) in [6, 6.07) is 10.6. The summed E-state index contributed by atoms with van der Waals surface area (Å²) in [6.07, 6.45) is 0. The van der Waals surface area contributed by atoms with Crippen LogP contribution >= 0.6 is 15.9 Å². The highest BCUT2D eigenvalue weighted by molar-refractivity contribution is 9.10. The molecule has 0 atom stereocenters. The van der Waals surface area contributed by atoms with Crippen LogP contribution in [0.2, 0.25) is 0 Å². The van der Waals surface area contributed by atoms with Gasteiger partial charge in [0.2, 0.25) is 0 Å². The van der Waals surface area contributed by atoms with Gasteiger partial charge >= 0.3 is 0 Å². The molecule has 2 aromatic carbocycles.